The van der Waals surface area contributed by atoms with E-state index in [4.69, 9.17) is 10.5 Å². The molecular formula is C10H19N3O. The number of aryl methyl sites for hydroxylation is 1. The Labute approximate surface area is 85.1 Å². The summed E-state index contributed by atoms with van der Waals surface area (Å²) in [5.74, 6) is 1.05. The summed E-state index contributed by atoms with van der Waals surface area (Å²) in [5, 5.41) is 0. The van der Waals surface area contributed by atoms with Crippen LogP contribution in [0.25, 0.3) is 0 Å². The lowest BCUT2D eigenvalue weighted by Crippen LogP contribution is -2.24. The van der Waals surface area contributed by atoms with Gasteiger partial charge in [0.2, 0.25) is 0 Å². The number of hydrogen-bond acceptors (Lipinski definition) is 3. The van der Waals surface area contributed by atoms with Crippen LogP contribution in [-0.2, 0) is 18.2 Å². The van der Waals surface area contributed by atoms with Crippen molar-refractivity contribution in [3.05, 3.63) is 18.2 Å². The van der Waals surface area contributed by atoms with Crippen molar-refractivity contribution >= 4 is 0 Å². The molecule has 0 saturated carbocycles. The van der Waals surface area contributed by atoms with E-state index in [1.54, 1.807) is 13.3 Å². The van der Waals surface area contributed by atoms with Crippen LogP contribution in [0.4, 0.5) is 0 Å². The highest BCUT2D eigenvalue weighted by atomic mass is 16.5. The summed E-state index contributed by atoms with van der Waals surface area (Å²) in [5.41, 5.74) is 5.97. The molecule has 0 aliphatic heterocycles. The van der Waals surface area contributed by atoms with Gasteiger partial charge in [-0.25, -0.2) is 4.98 Å². The van der Waals surface area contributed by atoms with E-state index in [9.17, 15) is 0 Å². The van der Waals surface area contributed by atoms with E-state index in [0.717, 1.165) is 31.7 Å². The summed E-state index contributed by atoms with van der Waals surface area (Å²) in [6.07, 6.45) is 6.59. The standard InChI is InChI=1S/C10H19N3O/c1-13-6-5-12-10(13)8-9(11)4-3-7-14-2/h5-6,9H,3-4,7-8,11H2,1-2H3. The Kier molecular flexibility index (Phi) is 4.62. The van der Waals surface area contributed by atoms with Crippen LogP contribution in [0.3, 0.4) is 0 Å². The van der Waals surface area contributed by atoms with Gasteiger partial charge in [0, 0.05) is 45.6 Å². The molecule has 4 nitrogen and oxygen atoms in total. The summed E-state index contributed by atoms with van der Waals surface area (Å²) in [7, 11) is 3.70. The van der Waals surface area contributed by atoms with Crippen molar-refractivity contribution in [2.24, 2.45) is 12.8 Å². The number of imidazole rings is 1. The number of hydrogen-bond donors (Lipinski definition) is 1. The molecule has 0 fully saturated rings. The van der Waals surface area contributed by atoms with Gasteiger partial charge in [-0.15, -0.1) is 0 Å². The van der Waals surface area contributed by atoms with Crippen LogP contribution in [-0.4, -0.2) is 29.3 Å². The maximum Gasteiger partial charge on any atom is 0.109 e. The van der Waals surface area contributed by atoms with Crippen LogP contribution in [0.5, 0.6) is 0 Å². The van der Waals surface area contributed by atoms with Crippen LogP contribution in [0.1, 0.15) is 18.7 Å². The van der Waals surface area contributed by atoms with Gasteiger partial charge in [-0.2, -0.15) is 0 Å². The van der Waals surface area contributed by atoms with Gasteiger partial charge < -0.3 is 15.0 Å². The smallest absolute Gasteiger partial charge is 0.109 e. The van der Waals surface area contributed by atoms with Crippen molar-refractivity contribution < 1.29 is 4.74 Å². The minimum absolute atomic E-state index is 0.186. The Bertz CT molecular complexity index is 260. The van der Waals surface area contributed by atoms with Gasteiger partial charge in [-0.1, -0.05) is 0 Å². The highest BCUT2D eigenvalue weighted by molar-refractivity contribution is 4.93. The Morgan fingerprint density at radius 3 is 3.00 bits per heavy atom. The van der Waals surface area contributed by atoms with Gasteiger partial charge in [0.1, 0.15) is 5.82 Å². The molecule has 0 amide bonds. The molecule has 1 aromatic heterocycles. The minimum atomic E-state index is 0.186. The van der Waals surface area contributed by atoms with E-state index < -0.39 is 0 Å². The van der Waals surface area contributed by atoms with E-state index in [1.165, 1.54) is 0 Å². The number of methoxy groups -OCH3 is 1. The van der Waals surface area contributed by atoms with E-state index in [1.807, 2.05) is 17.8 Å². The Morgan fingerprint density at radius 1 is 1.64 bits per heavy atom. The highest BCUT2D eigenvalue weighted by Crippen LogP contribution is 2.03. The van der Waals surface area contributed by atoms with Gasteiger partial charge in [0.25, 0.3) is 0 Å². The normalized spacial score (nSPS) is 13.1. The van der Waals surface area contributed by atoms with Crippen molar-refractivity contribution in [3.63, 3.8) is 0 Å². The predicted octanol–water partition coefficient (Wildman–Crippen LogP) is 0.716. The van der Waals surface area contributed by atoms with E-state index in [-0.39, 0.29) is 6.04 Å². The Balaban J connectivity index is 2.27. The first-order valence-corrected chi connectivity index (χ1v) is 4.94. The number of nitrogens with zero attached hydrogens (tertiary/aromatic N) is 2. The van der Waals surface area contributed by atoms with Crippen LogP contribution in [0, 0.1) is 0 Å². The van der Waals surface area contributed by atoms with Gasteiger partial charge >= 0.3 is 0 Å². The number of ether oxygens (including phenoxy) is 1. The highest BCUT2D eigenvalue weighted by Gasteiger charge is 2.06. The molecule has 4 heteroatoms. The summed E-state index contributed by atoms with van der Waals surface area (Å²) in [4.78, 5) is 4.24. The fraction of sp³-hybridized carbons (Fsp3) is 0.700. The monoisotopic (exact) mass is 197 g/mol. The van der Waals surface area contributed by atoms with Crippen molar-refractivity contribution in [2.45, 2.75) is 25.3 Å². The third-order valence-electron chi connectivity index (χ3n) is 2.29. The zero-order valence-corrected chi connectivity index (χ0v) is 8.94. The van der Waals surface area contributed by atoms with Crippen LogP contribution >= 0.6 is 0 Å². The van der Waals surface area contributed by atoms with E-state index in [2.05, 4.69) is 4.98 Å². The van der Waals surface area contributed by atoms with Crippen LogP contribution in [0.15, 0.2) is 12.4 Å². The maximum absolute atomic E-state index is 5.97. The molecule has 14 heavy (non-hydrogen) atoms. The fourth-order valence-electron chi connectivity index (χ4n) is 1.42. The molecule has 0 aliphatic carbocycles. The fourth-order valence-corrected chi connectivity index (χ4v) is 1.42. The Hall–Kier alpha value is -0.870. The summed E-state index contributed by atoms with van der Waals surface area (Å²) in [6.45, 7) is 0.786. The van der Waals surface area contributed by atoms with Gasteiger partial charge in [-0.3, -0.25) is 0 Å². The summed E-state index contributed by atoms with van der Waals surface area (Å²) in [6, 6.07) is 0.186. The lowest BCUT2D eigenvalue weighted by Gasteiger charge is -2.10. The Morgan fingerprint density at radius 2 is 2.43 bits per heavy atom. The predicted molar refractivity (Wildman–Crippen MR) is 56.0 cm³/mol. The van der Waals surface area contributed by atoms with E-state index >= 15 is 0 Å². The number of rotatable bonds is 6. The molecule has 80 valence electrons. The number of nitrogens with two attached hydrogens (primary N) is 1. The van der Waals surface area contributed by atoms with Gasteiger partial charge in [0.05, 0.1) is 0 Å². The van der Waals surface area contributed by atoms with E-state index in [0.29, 0.717) is 0 Å². The van der Waals surface area contributed by atoms with Crippen molar-refractivity contribution in [1.29, 1.82) is 0 Å². The SMILES string of the molecule is COCCCC(N)Cc1nccn1C. The molecule has 0 aliphatic rings. The third kappa shape index (κ3) is 3.47. The molecule has 1 rings (SSSR count). The van der Waals surface area contributed by atoms with Crippen molar-refractivity contribution in [1.82, 2.24) is 9.55 Å². The summed E-state index contributed by atoms with van der Waals surface area (Å²) < 4.78 is 6.98. The second kappa shape index (κ2) is 5.78. The first kappa shape index (κ1) is 11.2. The molecule has 0 spiro atoms. The number of aromatic nitrogens is 2. The van der Waals surface area contributed by atoms with Crippen LogP contribution in [0.2, 0.25) is 0 Å². The zero-order chi connectivity index (χ0) is 10.4. The average molecular weight is 197 g/mol. The molecule has 0 aromatic carbocycles. The largest absolute Gasteiger partial charge is 0.385 e. The zero-order valence-electron chi connectivity index (χ0n) is 8.94. The molecule has 2 N–H and O–H groups in total. The third-order valence-corrected chi connectivity index (χ3v) is 2.29. The summed E-state index contributed by atoms with van der Waals surface area (Å²) >= 11 is 0. The first-order chi connectivity index (χ1) is 6.74. The quantitative estimate of drug-likeness (QED) is 0.684. The topological polar surface area (TPSA) is 53.1 Å². The van der Waals surface area contributed by atoms with Gasteiger partial charge in [-0.05, 0) is 12.8 Å². The second-order valence-corrected chi connectivity index (χ2v) is 3.55. The molecule has 0 bridgehead atoms. The van der Waals surface area contributed by atoms with Crippen LogP contribution < -0.4 is 5.73 Å². The second-order valence-electron chi connectivity index (χ2n) is 3.55. The first-order valence-electron chi connectivity index (χ1n) is 4.94. The lowest BCUT2D eigenvalue weighted by molar-refractivity contribution is 0.190. The van der Waals surface area contributed by atoms with Crippen molar-refractivity contribution in [2.75, 3.05) is 13.7 Å². The molecule has 1 unspecified atom stereocenters. The maximum atomic E-state index is 5.97. The molecule has 1 atom stereocenters. The molecule has 1 heterocycles. The van der Waals surface area contributed by atoms with Gasteiger partial charge in [0.15, 0.2) is 0 Å². The molecule has 0 saturated heterocycles. The molecular weight excluding hydrogens is 178 g/mol. The molecule has 0 radical (unpaired) electrons. The molecule has 1 aromatic rings. The average Bonchev–Trinajstić information content (AvgIpc) is 2.52. The lowest BCUT2D eigenvalue weighted by atomic mass is 10.1. The minimum Gasteiger partial charge on any atom is -0.385 e. The van der Waals surface area contributed by atoms with Crippen molar-refractivity contribution in [3.8, 4) is 0 Å².